The molecular weight excluding hydrogens is 365 g/mol. The molecule has 0 fully saturated rings. The van der Waals surface area contributed by atoms with Crippen LogP contribution in [0.3, 0.4) is 0 Å². The second-order valence-electron chi connectivity index (χ2n) is 6.04. The lowest BCUT2D eigenvalue weighted by atomic mass is 10.1. The Morgan fingerprint density at radius 1 is 1.25 bits per heavy atom. The number of hydrogen-bond donors (Lipinski definition) is 2. The van der Waals surface area contributed by atoms with Crippen LogP contribution >= 0.6 is 0 Å². The lowest BCUT2D eigenvalue weighted by Crippen LogP contribution is -2.15. The molecule has 1 amide bonds. The molecule has 8 nitrogen and oxygen atoms in total. The van der Waals surface area contributed by atoms with Crippen molar-refractivity contribution in [3.63, 3.8) is 0 Å². The Hall–Kier alpha value is -3.46. The van der Waals surface area contributed by atoms with Crippen molar-refractivity contribution in [2.75, 3.05) is 31.0 Å². The number of rotatable bonds is 6. The molecule has 0 atom stereocenters. The number of methoxy groups -OCH3 is 1. The third-order valence-corrected chi connectivity index (χ3v) is 4.24. The van der Waals surface area contributed by atoms with Crippen LogP contribution in [0.25, 0.3) is 11.4 Å². The Kier molecular flexibility index (Phi) is 5.55. The highest BCUT2D eigenvalue weighted by atomic mass is 19.1. The lowest BCUT2D eigenvalue weighted by Gasteiger charge is -2.18. The summed E-state index contributed by atoms with van der Waals surface area (Å²) in [4.78, 5) is 13.2. The molecule has 0 saturated heterocycles. The standard InChI is InChI=1S/C19H20FN5O3/c1-24(14-7-4-12(20)5-8-14)19-23-22-18(25(19)2)15-9-6-13(10-16(15)28-3)21-17(27)11-26/h4-10,26H,11H2,1-3H3,(H,21,27). The number of halogens is 1. The molecule has 3 aromatic rings. The van der Waals surface area contributed by atoms with Crippen LogP contribution in [0.2, 0.25) is 0 Å². The van der Waals surface area contributed by atoms with E-state index < -0.39 is 12.5 Å². The Morgan fingerprint density at radius 3 is 2.61 bits per heavy atom. The van der Waals surface area contributed by atoms with Gasteiger partial charge in [0, 0.05) is 31.5 Å². The van der Waals surface area contributed by atoms with E-state index >= 15 is 0 Å². The number of aliphatic hydroxyl groups is 1. The number of anilines is 3. The molecule has 0 bridgehead atoms. The van der Waals surface area contributed by atoms with Crippen LogP contribution in [-0.4, -0.2) is 46.5 Å². The SMILES string of the molecule is COc1cc(NC(=O)CO)ccc1-c1nnc(N(C)c2ccc(F)cc2)n1C. The van der Waals surface area contributed by atoms with Crippen LogP contribution in [0.4, 0.5) is 21.7 Å². The number of aliphatic hydroxyl groups excluding tert-OH is 1. The Bertz CT molecular complexity index is 988. The summed E-state index contributed by atoms with van der Waals surface area (Å²) in [6.07, 6.45) is 0. The molecule has 9 heteroatoms. The number of carbonyl (C=O) groups excluding carboxylic acids is 1. The monoisotopic (exact) mass is 385 g/mol. The predicted octanol–water partition coefficient (Wildman–Crippen LogP) is 2.33. The fourth-order valence-electron chi connectivity index (χ4n) is 2.78. The van der Waals surface area contributed by atoms with Gasteiger partial charge in [-0.2, -0.15) is 0 Å². The molecule has 0 aliphatic carbocycles. The van der Waals surface area contributed by atoms with E-state index in [0.717, 1.165) is 5.69 Å². The topological polar surface area (TPSA) is 92.5 Å². The summed E-state index contributed by atoms with van der Waals surface area (Å²) >= 11 is 0. The normalized spacial score (nSPS) is 10.6. The summed E-state index contributed by atoms with van der Waals surface area (Å²) in [5, 5.41) is 19.9. The molecular formula is C19H20FN5O3. The second kappa shape index (κ2) is 8.05. The van der Waals surface area contributed by atoms with Crippen LogP contribution in [0.15, 0.2) is 42.5 Å². The number of ether oxygens (including phenoxy) is 1. The number of nitrogens with one attached hydrogen (secondary N) is 1. The van der Waals surface area contributed by atoms with Crippen LogP contribution in [0, 0.1) is 5.82 Å². The van der Waals surface area contributed by atoms with Gasteiger partial charge >= 0.3 is 0 Å². The fourth-order valence-corrected chi connectivity index (χ4v) is 2.78. The molecule has 0 aliphatic rings. The predicted molar refractivity (Wildman–Crippen MR) is 103 cm³/mol. The van der Waals surface area contributed by atoms with Crippen molar-refractivity contribution in [2.24, 2.45) is 7.05 Å². The first-order valence-electron chi connectivity index (χ1n) is 8.42. The molecule has 1 heterocycles. The third kappa shape index (κ3) is 3.79. The summed E-state index contributed by atoms with van der Waals surface area (Å²) in [5.74, 6) is 0.773. The van der Waals surface area contributed by atoms with Gasteiger partial charge in [-0.25, -0.2) is 4.39 Å². The smallest absolute Gasteiger partial charge is 0.250 e. The van der Waals surface area contributed by atoms with Crippen molar-refractivity contribution in [1.29, 1.82) is 0 Å². The van der Waals surface area contributed by atoms with E-state index in [1.54, 1.807) is 39.8 Å². The van der Waals surface area contributed by atoms with Crippen molar-refractivity contribution in [2.45, 2.75) is 0 Å². The van der Waals surface area contributed by atoms with E-state index in [-0.39, 0.29) is 5.82 Å². The first kappa shape index (κ1) is 19.3. The lowest BCUT2D eigenvalue weighted by molar-refractivity contribution is -0.118. The Labute approximate surface area is 161 Å². The summed E-state index contributed by atoms with van der Waals surface area (Å²) in [6.45, 7) is -0.605. The average Bonchev–Trinajstić information content (AvgIpc) is 3.09. The largest absolute Gasteiger partial charge is 0.496 e. The minimum absolute atomic E-state index is 0.311. The third-order valence-electron chi connectivity index (χ3n) is 4.24. The van der Waals surface area contributed by atoms with Crippen LogP contribution in [0.1, 0.15) is 0 Å². The number of benzene rings is 2. The quantitative estimate of drug-likeness (QED) is 0.677. The maximum Gasteiger partial charge on any atom is 0.250 e. The van der Waals surface area contributed by atoms with Gasteiger partial charge in [0.05, 0.1) is 12.7 Å². The number of amides is 1. The van der Waals surface area contributed by atoms with E-state index in [2.05, 4.69) is 15.5 Å². The number of aromatic nitrogens is 3. The minimum Gasteiger partial charge on any atom is -0.496 e. The number of hydrogen-bond acceptors (Lipinski definition) is 6. The van der Waals surface area contributed by atoms with E-state index in [1.165, 1.54) is 19.2 Å². The molecule has 2 N–H and O–H groups in total. The fraction of sp³-hybridized carbons (Fsp3) is 0.211. The van der Waals surface area contributed by atoms with Crippen molar-refractivity contribution < 1.29 is 19.0 Å². The molecule has 3 rings (SSSR count). The second-order valence-corrected chi connectivity index (χ2v) is 6.04. The van der Waals surface area contributed by atoms with Gasteiger partial charge in [0.2, 0.25) is 11.9 Å². The molecule has 0 unspecified atom stereocenters. The molecule has 0 spiro atoms. The van der Waals surface area contributed by atoms with Crippen molar-refractivity contribution in [3.8, 4) is 17.1 Å². The minimum atomic E-state index is -0.605. The van der Waals surface area contributed by atoms with Gasteiger partial charge in [0.1, 0.15) is 18.2 Å². The van der Waals surface area contributed by atoms with Gasteiger partial charge < -0.3 is 20.1 Å². The summed E-state index contributed by atoms with van der Waals surface area (Å²) < 4.78 is 20.4. The van der Waals surface area contributed by atoms with Gasteiger partial charge in [0.25, 0.3) is 0 Å². The summed E-state index contributed by atoms with van der Waals surface area (Å²) in [7, 11) is 5.13. The average molecular weight is 385 g/mol. The van der Waals surface area contributed by atoms with Crippen LogP contribution in [-0.2, 0) is 11.8 Å². The van der Waals surface area contributed by atoms with E-state index in [4.69, 9.17) is 9.84 Å². The Balaban J connectivity index is 1.94. The van der Waals surface area contributed by atoms with E-state index in [0.29, 0.717) is 28.8 Å². The maximum atomic E-state index is 13.2. The van der Waals surface area contributed by atoms with Crippen molar-refractivity contribution in [1.82, 2.24) is 14.8 Å². The van der Waals surface area contributed by atoms with Gasteiger partial charge in [-0.3, -0.25) is 9.36 Å². The van der Waals surface area contributed by atoms with E-state index in [9.17, 15) is 9.18 Å². The highest BCUT2D eigenvalue weighted by Crippen LogP contribution is 2.33. The summed E-state index contributed by atoms with van der Waals surface area (Å²) in [6, 6.07) is 11.1. The molecule has 1 aromatic heterocycles. The van der Waals surface area contributed by atoms with E-state index in [1.807, 2.05) is 14.1 Å². The molecule has 28 heavy (non-hydrogen) atoms. The molecule has 2 aromatic carbocycles. The van der Waals surface area contributed by atoms with Crippen LogP contribution < -0.4 is 15.0 Å². The first-order chi connectivity index (χ1) is 13.4. The van der Waals surface area contributed by atoms with Crippen molar-refractivity contribution >= 4 is 23.2 Å². The highest BCUT2D eigenvalue weighted by molar-refractivity contribution is 5.92. The maximum absolute atomic E-state index is 13.2. The molecule has 146 valence electrons. The molecule has 0 aliphatic heterocycles. The van der Waals surface area contributed by atoms with Gasteiger partial charge in [-0.05, 0) is 36.4 Å². The number of carbonyl (C=O) groups is 1. The highest BCUT2D eigenvalue weighted by Gasteiger charge is 2.18. The zero-order valence-electron chi connectivity index (χ0n) is 15.7. The van der Waals surface area contributed by atoms with Crippen LogP contribution in [0.5, 0.6) is 5.75 Å². The summed E-state index contributed by atoms with van der Waals surface area (Å²) in [5.41, 5.74) is 1.93. The zero-order valence-corrected chi connectivity index (χ0v) is 15.7. The Morgan fingerprint density at radius 2 is 1.96 bits per heavy atom. The first-order valence-corrected chi connectivity index (χ1v) is 8.42. The number of nitrogens with zero attached hydrogens (tertiary/aromatic N) is 4. The molecule has 0 radical (unpaired) electrons. The van der Waals surface area contributed by atoms with Gasteiger partial charge in [-0.1, -0.05) is 0 Å². The zero-order chi connectivity index (χ0) is 20.3. The van der Waals surface area contributed by atoms with Crippen molar-refractivity contribution in [3.05, 3.63) is 48.3 Å². The van der Waals surface area contributed by atoms with Gasteiger partial charge in [-0.15, -0.1) is 10.2 Å². The van der Waals surface area contributed by atoms with Gasteiger partial charge in [0.15, 0.2) is 5.82 Å². The molecule has 0 saturated carbocycles.